The number of rotatable bonds is 7. The molecule has 1 rings (SSSR count). The molecule has 2 amide bonds. The zero-order chi connectivity index (χ0) is 15.8. The van der Waals surface area contributed by atoms with Gasteiger partial charge in [0.1, 0.15) is 6.04 Å². The molecule has 5 heteroatoms. The van der Waals surface area contributed by atoms with Crippen molar-refractivity contribution >= 4 is 12.0 Å². The van der Waals surface area contributed by atoms with Crippen molar-refractivity contribution in [2.24, 2.45) is 5.92 Å². The smallest absolute Gasteiger partial charge is 0.326 e. The van der Waals surface area contributed by atoms with Gasteiger partial charge in [-0.1, -0.05) is 44.2 Å². The Labute approximate surface area is 125 Å². The van der Waals surface area contributed by atoms with Crippen molar-refractivity contribution in [2.75, 3.05) is 0 Å². The van der Waals surface area contributed by atoms with Gasteiger partial charge in [0.05, 0.1) is 0 Å². The molecule has 2 unspecified atom stereocenters. The molecule has 1 aromatic carbocycles. The molecule has 116 valence electrons. The van der Waals surface area contributed by atoms with Gasteiger partial charge >= 0.3 is 12.0 Å². The third kappa shape index (κ3) is 6.79. The van der Waals surface area contributed by atoms with Gasteiger partial charge in [-0.2, -0.15) is 0 Å². The van der Waals surface area contributed by atoms with Crippen molar-refractivity contribution in [1.29, 1.82) is 0 Å². The molecule has 0 fully saturated rings. The van der Waals surface area contributed by atoms with Crippen LogP contribution >= 0.6 is 0 Å². The number of carbonyl (C=O) groups is 2. The summed E-state index contributed by atoms with van der Waals surface area (Å²) in [5, 5.41) is 14.4. The lowest BCUT2D eigenvalue weighted by Crippen LogP contribution is -2.49. The topological polar surface area (TPSA) is 78.4 Å². The summed E-state index contributed by atoms with van der Waals surface area (Å²) < 4.78 is 0. The molecule has 0 aliphatic rings. The van der Waals surface area contributed by atoms with Crippen LogP contribution in [0.1, 0.15) is 32.8 Å². The maximum Gasteiger partial charge on any atom is 0.326 e. The van der Waals surface area contributed by atoms with E-state index in [0.717, 1.165) is 5.56 Å². The highest BCUT2D eigenvalue weighted by Gasteiger charge is 2.21. The lowest BCUT2D eigenvalue weighted by atomic mass is 10.0. The number of urea groups is 1. The summed E-state index contributed by atoms with van der Waals surface area (Å²) in [4.78, 5) is 23.0. The third-order valence-electron chi connectivity index (χ3n) is 3.07. The fraction of sp³-hybridized carbons (Fsp3) is 0.500. The van der Waals surface area contributed by atoms with E-state index in [9.17, 15) is 9.59 Å². The Hall–Kier alpha value is -2.04. The van der Waals surface area contributed by atoms with Crippen LogP contribution in [0.25, 0.3) is 0 Å². The van der Waals surface area contributed by atoms with Gasteiger partial charge in [-0.25, -0.2) is 9.59 Å². The SMILES string of the molecule is CC(C)CC(NC(=O)NC(C)Cc1ccccc1)C(=O)O. The van der Waals surface area contributed by atoms with Crippen LogP contribution < -0.4 is 10.6 Å². The normalized spacial score (nSPS) is 13.5. The average molecular weight is 292 g/mol. The van der Waals surface area contributed by atoms with Gasteiger partial charge in [0.2, 0.25) is 0 Å². The summed E-state index contributed by atoms with van der Waals surface area (Å²) in [5.74, 6) is -0.803. The summed E-state index contributed by atoms with van der Waals surface area (Å²) in [6, 6.07) is 8.47. The van der Waals surface area contributed by atoms with Gasteiger partial charge in [-0.3, -0.25) is 0 Å². The van der Waals surface area contributed by atoms with E-state index in [0.29, 0.717) is 12.8 Å². The second kappa shape index (κ2) is 8.29. The maximum atomic E-state index is 11.9. The second-order valence-electron chi connectivity index (χ2n) is 5.73. The number of carboxylic acid groups (broad SMARTS) is 1. The molecular weight excluding hydrogens is 268 g/mol. The number of nitrogens with one attached hydrogen (secondary N) is 2. The summed E-state index contributed by atoms with van der Waals surface area (Å²) in [5.41, 5.74) is 1.13. The molecule has 0 bridgehead atoms. The van der Waals surface area contributed by atoms with Gasteiger partial charge in [-0.05, 0) is 31.2 Å². The first kappa shape index (κ1) is 17.0. The van der Waals surface area contributed by atoms with E-state index in [1.54, 1.807) is 0 Å². The highest BCUT2D eigenvalue weighted by molar-refractivity contribution is 5.82. The minimum atomic E-state index is -1.01. The molecule has 0 aromatic heterocycles. The van der Waals surface area contributed by atoms with E-state index in [4.69, 9.17) is 5.11 Å². The maximum absolute atomic E-state index is 11.9. The predicted molar refractivity (Wildman–Crippen MR) is 82.2 cm³/mol. The fourth-order valence-electron chi connectivity index (χ4n) is 2.14. The first-order valence-corrected chi connectivity index (χ1v) is 7.22. The molecule has 1 aromatic rings. The van der Waals surface area contributed by atoms with E-state index >= 15 is 0 Å². The average Bonchev–Trinajstić information content (AvgIpc) is 2.38. The number of hydrogen-bond donors (Lipinski definition) is 3. The van der Waals surface area contributed by atoms with Crippen LogP contribution in [-0.2, 0) is 11.2 Å². The quantitative estimate of drug-likeness (QED) is 0.722. The summed E-state index contributed by atoms with van der Waals surface area (Å²) in [6.07, 6.45) is 1.12. The zero-order valence-electron chi connectivity index (χ0n) is 12.8. The molecule has 21 heavy (non-hydrogen) atoms. The van der Waals surface area contributed by atoms with Crippen molar-refractivity contribution < 1.29 is 14.7 Å². The van der Waals surface area contributed by atoms with Gasteiger partial charge in [0.25, 0.3) is 0 Å². The van der Waals surface area contributed by atoms with Crippen LogP contribution in [0.15, 0.2) is 30.3 Å². The zero-order valence-corrected chi connectivity index (χ0v) is 12.8. The Morgan fingerprint density at radius 2 is 1.71 bits per heavy atom. The number of carboxylic acids is 1. The lowest BCUT2D eigenvalue weighted by molar-refractivity contribution is -0.139. The Morgan fingerprint density at radius 3 is 2.24 bits per heavy atom. The van der Waals surface area contributed by atoms with Crippen molar-refractivity contribution in [3.8, 4) is 0 Å². The number of aliphatic carboxylic acids is 1. The Morgan fingerprint density at radius 1 is 1.10 bits per heavy atom. The van der Waals surface area contributed by atoms with E-state index in [2.05, 4.69) is 10.6 Å². The van der Waals surface area contributed by atoms with Crippen LogP contribution in [0.4, 0.5) is 4.79 Å². The summed E-state index contributed by atoms with van der Waals surface area (Å²) in [6.45, 7) is 5.74. The third-order valence-corrected chi connectivity index (χ3v) is 3.07. The standard InChI is InChI=1S/C16H24N2O3/c1-11(2)9-14(15(19)20)18-16(21)17-12(3)10-13-7-5-4-6-8-13/h4-8,11-12,14H,9-10H2,1-3H3,(H,19,20)(H2,17,18,21). The predicted octanol–water partition coefficient (Wildman–Crippen LogP) is 2.42. The molecular formula is C16H24N2O3. The van der Waals surface area contributed by atoms with Crippen LogP contribution in [0.3, 0.4) is 0 Å². The molecule has 3 N–H and O–H groups in total. The van der Waals surface area contributed by atoms with Crippen molar-refractivity contribution in [2.45, 2.75) is 45.7 Å². The van der Waals surface area contributed by atoms with Gasteiger partial charge in [-0.15, -0.1) is 0 Å². The highest BCUT2D eigenvalue weighted by atomic mass is 16.4. The van der Waals surface area contributed by atoms with Gasteiger partial charge in [0.15, 0.2) is 0 Å². The van der Waals surface area contributed by atoms with Crippen molar-refractivity contribution in [3.63, 3.8) is 0 Å². The number of amides is 2. The molecule has 0 aliphatic heterocycles. The van der Waals surface area contributed by atoms with Crippen molar-refractivity contribution in [1.82, 2.24) is 10.6 Å². The van der Waals surface area contributed by atoms with Gasteiger partial charge < -0.3 is 15.7 Å². The van der Waals surface area contributed by atoms with E-state index in [1.807, 2.05) is 51.1 Å². The minimum Gasteiger partial charge on any atom is -0.480 e. The van der Waals surface area contributed by atoms with Crippen LogP contribution in [0, 0.1) is 5.92 Å². The fourth-order valence-corrected chi connectivity index (χ4v) is 2.14. The lowest BCUT2D eigenvalue weighted by Gasteiger charge is -2.19. The molecule has 0 spiro atoms. The van der Waals surface area contributed by atoms with Gasteiger partial charge in [0, 0.05) is 6.04 Å². The monoisotopic (exact) mass is 292 g/mol. The van der Waals surface area contributed by atoms with E-state index < -0.39 is 18.0 Å². The molecule has 5 nitrogen and oxygen atoms in total. The Kier molecular flexibility index (Phi) is 6.72. The number of hydrogen-bond acceptors (Lipinski definition) is 2. The Balaban J connectivity index is 2.46. The summed E-state index contributed by atoms with van der Waals surface area (Å²) >= 11 is 0. The minimum absolute atomic E-state index is 0.0686. The molecule has 2 atom stereocenters. The van der Waals surface area contributed by atoms with Crippen LogP contribution in [0.5, 0.6) is 0 Å². The largest absolute Gasteiger partial charge is 0.480 e. The molecule has 0 radical (unpaired) electrons. The molecule has 0 saturated carbocycles. The Bertz CT molecular complexity index is 460. The molecule has 0 heterocycles. The summed E-state index contributed by atoms with van der Waals surface area (Å²) in [7, 11) is 0. The number of benzene rings is 1. The molecule has 0 aliphatic carbocycles. The van der Waals surface area contributed by atoms with Crippen LogP contribution in [-0.4, -0.2) is 29.2 Å². The van der Waals surface area contributed by atoms with Crippen LogP contribution in [0.2, 0.25) is 0 Å². The highest BCUT2D eigenvalue weighted by Crippen LogP contribution is 2.05. The van der Waals surface area contributed by atoms with Crippen molar-refractivity contribution in [3.05, 3.63) is 35.9 Å². The first-order chi connectivity index (χ1) is 9.88. The number of carbonyl (C=O) groups excluding carboxylic acids is 1. The first-order valence-electron chi connectivity index (χ1n) is 7.22. The molecule has 0 saturated heterocycles. The van der Waals surface area contributed by atoms with E-state index in [-0.39, 0.29) is 12.0 Å². The second-order valence-corrected chi connectivity index (χ2v) is 5.73. The van der Waals surface area contributed by atoms with E-state index in [1.165, 1.54) is 0 Å².